The molecule has 3 aromatic heterocycles. The predicted molar refractivity (Wildman–Crippen MR) is 195 cm³/mol. The van der Waals surface area contributed by atoms with Crippen molar-refractivity contribution in [3.8, 4) is 28.2 Å². The summed E-state index contributed by atoms with van der Waals surface area (Å²) in [6.45, 7) is 0. The van der Waals surface area contributed by atoms with Gasteiger partial charge in [0.05, 0.1) is 22.1 Å². The van der Waals surface area contributed by atoms with E-state index in [1.165, 1.54) is 52.8 Å². The highest BCUT2D eigenvalue weighted by molar-refractivity contribution is 7.25. The molecule has 7 aromatic carbocycles. The number of nitrogens with zero attached hydrogens (tertiary/aromatic N) is 3. The maximum Gasteiger partial charge on any atom is 0.165 e. The molecule has 46 heavy (non-hydrogen) atoms. The molecule has 0 spiro atoms. The van der Waals surface area contributed by atoms with Crippen molar-refractivity contribution in [2.75, 3.05) is 0 Å². The Morgan fingerprint density at radius 3 is 2.09 bits per heavy atom. The van der Waals surface area contributed by atoms with Crippen LogP contribution in [0.3, 0.4) is 0 Å². The van der Waals surface area contributed by atoms with Crippen LogP contribution in [0.1, 0.15) is 0 Å². The fraction of sp³-hybridized carbons (Fsp3) is 0. The van der Waals surface area contributed by atoms with Gasteiger partial charge in [-0.1, -0.05) is 115 Å². The van der Waals surface area contributed by atoms with Crippen LogP contribution in [0.5, 0.6) is 0 Å². The molecule has 0 atom stereocenters. The standard InChI is InChI=1S/C42H25N3S/c1-2-12-27(13-3-1)40-42(44-35-19-8-7-18-34(35)43-40)45-36-23-21-26-11-4-5-14-29(26)39(36)32-17-10-16-30(41(32)45)28-22-24-38-33(25-28)31-15-6-9-20-37(31)46-38/h1-25H. The minimum atomic E-state index is 0.828. The van der Waals surface area contributed by atoms with Crippen LogP contribution in [0.15, 0.2) is 152 Å². The number of aromatic nitrogens is 3. The molecule has 0 bridgehead atoms. The van der Waals surface area contributed by atoms with Crippen molar-refractivity contribution >= 4 is 75.1 Å². The predicted octanol–water partition coefficient (Wildman–Crippen LogP) is 11.6. The van der Waals surface area contributed by atoms with E-state index in [0.29, 0.717) is 0 Å². The molecule has 4 heteroatoms. The van der Waals surface area contributed by atoms with Crippen molar-refractivity contribution in [2.45, 2.75) is 0 Å². The summed E-state index contributed by atoms with van der Waals surface area (Å²) in [5.41, 5.74) is 8.26. The molecule has 0 saturated heterocycles. The number of hydrogen-bond acceptors (Lipinski definition) is 3. The van der Waals surface area contributed by atoms with Crippen molar-refractivity contribution < 1.29 is 0 Å². The van der Waals surface area contributed by atoms with E-state index in [9.17, 15) is 0 Å². The second kappa shape index (κ2) is 9.83. The highest BCUT2D eigenvalue weighted by Gasteiger charge is 2.23. The summed E-state index contributed by atoms with van der Waals surface area (Å²) in [5, 5.41) is 7.47. The van der Waals surface area contributed by atoms with E-state index in [1.807, 2.05) is 35.6 Å². The van der Waals surface area contributed by atoms with E-state index in [1.54, 1.807) is 0 Å². The van der Waals surface area contributed by atoms with Crippen LogP contribution < -0.4 is 0 Å². The van der Waals surface area contributed by atoms with Crippen molar-refractivity contribution in [3.05, 3.63) is 152 Å². The molecule has 3 nitrogen and oxygen atoms in total. The lowest BCUT2D eigenvalue weighted by Gasteiger charge is -2.15. The first-order chi connectivity index (χ1) is 22.8. The van der Waals surface area contributed by atoms with E-state index in [4.69, 9.17) is 9.97 Å². The average Bonchev–Trinajstić information content (AvgIpc) is 3.67. The normalized spacial score (nSPS) is 11.9. The summed E-state index contributed by atoms with van der Waals surface area (Å²) in [4.78, 5) is 10.7. The third-order valence-corrected chi connectivity index (χ3v) is 10.3. The topological polar surface area (TPSA) is 30.7 Å². The van der Waals surface area contributed by atoms with Gasteiger partial charge in [-0.25, -0.2) is 9.97 Å². The van der Waals surface area contributed by atoms with E-state index in [-0.39, 0.29) is 0 Å². The van der Waals surface area contributed by atoms with E-state index in [2.05, 4.69) is 132 Å². The van der Waals surface area contributed by atoms with Gasteiger partial charge >= 0.3 is 0 Å². The van der Waals surface area contributed by atoms with Crippen molar-refractivity contribution in [2.24, 2.45) is 0 Å². The number of para-hydroxylation sites is 3. The molecule has 0 amide bonds. The molecule has 0 aliphatic carbocycles. The Balaban J connectivity index is 1.39. The Morgan fingerprint density at radius 1 is 0.478 bits per heavy atom. The lowest BCUT2D eigenvalue weighted by Crippen LogP contribution is -2.04. The zero-order valence-corrected chi connectivity index (χ0v) is 25.5. The molecule has 0 N–H and O–H groups in total. The number of thiophene rings is 1. The van der Waals surface area contributed by atoms with Crippen LogP contribution in [0, 0.1) is 0 Å². The number of rotatable bonds is 3. The minimum absolute atomic E-state index is 0.828. The van der Waals surface area contributed by atoms with Crippen LogP contribution in [0.4, 0.5) is 0 Å². The molecule has 3 heterocycles. The summed E-state index contributed by atoms with van der Waals surface area (Å²) >= 11 is 1.85. The SMILES string of the molecule is c1ccc(-c2nc3ccccc3nc2-n2c3ccc4ccccc4c3c3cccc(-c4ccc5sc6ccccc6c5c4)c32)cc1. The molecule has 10 aromatic rings. The zero-order chi connectivity index (χ0) is 30.2. The smallest absolute Gasteiger partial charge is 0.165 e. The van der Waals surface area contributed by atoms with Gasteiger partial charge in [0.15, 0.2) is 5.82 Å². The Bertz CT molecular complexity index is 2810. The van der Waals surface area contributed by atoms with Crippen LogP contribution in [-0.2, 0) is 0 Å². The fourth-order valence-corrected chi connectivity index (χ4v) is 8.21. The summed E-state index contributed by atoms with van der Waals surface area (Å²) in [6.07, 6.45) is 0. The van der Waals surface area contributed by atoms with Gasteiger partial charge in [0.25, 0.3) is 0 Å². The fourth-order valence-electron chi connectivity index (χ4n) is 7.12. The highest BCUT2D eigenvalue weighted by atomic mass is 32.1. The summed E-state index contributed by atoms with van der Waals surface area (Å²) in [7, 11) is 0. The maximum absolute atomic E-state index is 5.39. The molecule has 10 rings (SSSR count). The second-order valence-corrected chi connectivity index (χ2v) is 12.9. The van der Waals surface area contributed by atoms with E-state index < -0.39 is 0 Å². The average molecular weight is 604 g/mol. The van der Waals surface area contributed by atoms with E-state index >= 15 is 0 Å². The summed E-state index contributed by atoms with van der Waals surface area (Å²) in [6, 6.07) is 54.1. The van der Waals surface area contributed by atoms with Crippen LogP contribution in [-0.4, -0.2) is 14.5 Å². The first-order valence-corrected chi connectivity index (χ1v) is 16.3. The first-order valence-electron chi connectivity index (χ1n) is 15.5. The van der Waals surface area contributed by atoms with Crippen molar-refractivity contribution in [1.82, 2.24) is 14.5 Å². The van der Waals surface area contributed by atoms with Gasteiger partial charge in [0, 0.05) is 42.1 Å². The molecule has 0 fully saturated rings. The Labute approximate surface area is 268 Å². The molecule has 0 aliphatic heterocycles. The van der Waals surface area contributed by atoms with Crippen LogP contribution in [0.2, 0.25) is 0 Å². The lowest BCUT2D eigenvalue weighted by atomic mass is 9.98. The number of fused-ring (bicyclic) bond motifs is 9. The second-order valence-electron chi connectivity index (χ2n) is 11.8. The van der Waals surface area contributed by atoms with Crippen molar-refractivity contribution in [3.63, 3.8) is 0 Å². The molecular weight excluding hydrogens is 579 g/mol. The Morgan fingerprint density at radius 2 is 1.20 bits per heavy atom. The largest absolute Gasteiger partial charge is 0.291 e. The van der Waals surface area contributed by atoms with Gasteiger partial charge in [0.1, 0.15) is 5.69 Å². The Kier molecular flexibility index (Phi) is 5.45. The van der Waals surface area contributed by atoms with Gasteiger partial charge < -0.3 is 0 Å². The molecular formula is C42H25N3S. The van der Waals surface area contributed by atoms with Gasteiger partial charge in [-0.2, -0.15) is 0 Å². The third kappa shape index (κ3) is 3.71. The van der Waals surface area contributed by atoms with E-state index in [0.717, 1.165) is 39.1 Å². The van der Waals surface area contributed by atoms with Gasteiger partial charge in [-0.15, -0.1) is 11.3 Å². The number of benzene rings is 7. The van der Waals surface area contributed by atoms with Gasteiger partial charge in [0.2, 0.25) is 0 Å². The molecule has 0 unspecified atom stereocenters. The summed E-state index contributed by atoms with van der Waals surface area (Å²) in [5.74, 6) is 0.828. The highest BCUT2D eigenvalue weighted by Crippen LogP contribution is 2.44. The zero-order valence-electron chi connectivity index (χ0n) is 24.7. The lowest BCUT2D eigenvalue weighted by molar-refractivity contribution is 1.08. The van der Waals surface area contributed by atoms with Gasteiger partial charge in [-0.05, 0) is 52.7 Å². The number of hydrogen-bond donors (Lipinski definition) is 0. The van der Waals surface area contributed by atoms with Gasteiger partial charge in [-0.3, -0.25) is 4.57 Å². The van der Waals surface area contributed by atoms with Crippen molar-refractivity contribution in [1.29, 1.82) is 0 Å². The maximum atomic E-state index is 5.39. The van der Waals surface area contributed by atoms with Crippen LogP contribution >= 0.6 is 11.3 Å². The molecule has 214 valence electrons. The quantitative estimate of drug-likeness (QED) is 0.201. The first kappa shape index (κ1) is 25.5. The summed E-state index contributed by atoms with van der Waals surface area (Å²) < 4.78 is 4.98. The molecule has 0 saturated carbocycles. The molecule has 0 aliphatic rings. The van der Waals surface area contributed by atoms with Crippen LogP contribution in [0.25, 0.3) is 92.0 Å². The monoisotopic (exact) mass is 603 g/mol. The minimum Gasteiger partial charge on any atom is -0.291 e. The third-order valence-electron chi connectivity index (χ3n) is 9.18. The Hall–Kier alpha value is -5.84. The molecule has 0 radical (unpaired) electrons.